The lowest BCUT2D eigenvalue weighted by atomic mass is 10.0. The number of nitro groups is 1. The number of carbonyl (C=O) groups is 2. The van der Waals surface area contributed by atoms with Gasteiger partial charge in [-0.1, -0.05) is 72.6 Å². The van der Waals surface area contributed by atoms with Crippen molar-refractivity contribution in [2.24, 2.45) is 0 Å². The molecule has 0 aliphatic heterocycles. The Morgan fingerprint density at radius 2 is 1.61 bits per heavy atom. The number of anilines is 1. The number of sulfonamides is 1. The lowest BCUT2D eigenvalue weighted by Gasteiger charge is -2.34. The van der Waals surface area contributed by atoms with E-state index in [0.717, 1.165) is 15.9 Å². The molecule has 1 unspecified atom stereocenters. The van der Waals surface area contributed by atoms with E-state index in [1.807, 2.05) is 37.3 Å². The third-order valence-electron chi connectivity index (χ3n) is 7.82. The van der Waals surface area contributed by atoms with Crippen LogP contribution in [-0.4, -0.2) is 56.3 Å². The molecule has 0 bridgehead atoms. The zero-order chi connectivity index (χ0) is 35.7. The Morgan fingerprint density at radius 1 is 0.959 bits per heavy atom. The minimum Gasteiger partial charge on any atom is -0.497 e. The minimum atomic E-state index is -4.60. The normalized spacial score (nSPS) is 11.8. The summed E-state index contributed by atoms with van der Waals surface area (Å²) < 4.78 is 34.7. The topological polar surface area (TPSA) is 139 Å². The van der Waals surface area contributed by atoms with Gasteiger partial charge < -0.3 is 15.0 Å². The number of benzene rings is 4. The molecule has 258 valence electrons. The summed E-state index contributed by atoms with van der Waals surface area (Å²) in [6, 6.07) is 22.4. The molecule has 1 atom stereocenters. The summed E-state index contributed by atoms with van der Waals surface area (Å²) in [5.41, 5.74) is 1.08. The van der Waals surface area contributed by atoms with E-state index >= 15 is 0 Å². The highest BCUT2D eigenvalue weighted by atomic mass is 35.5. The summed E-state index contributed by atoms with van der Waals surface area (Å²) in [7, 11) is -3.14. The van der Waals surface area contributed by atoms with Gasteiger partial charge >= 0.3 is 0 Å². The van der Waals surface area contributed by atoms with Gasteiger partial charge in [-0.25, -0.2) is 8.42 Å². The Labute approximate surface area is 295 Å². The van der Waals surface area contributed by atoms with Crippen LogP contribution in [0.4, 0.5) is 11.4 Å². The van der Waals surface area contributed by atoms with Crippen molar-refractivity contribution >= 4 is 56.4 Å². The first-order valence-corrected chi connectivity index (χ1v) is 17.5. The molecule has 0 aliphatic carbocycles. The van der Waals surface area contributed by atoms with Gasteiger partial charge in [0.25, 0.3) is 15.7 Å². The van der Waals surface area contributed by atoms with Crippen LogP contribution in [0.1, 0.15) is 30.0 Å². The number of nitro benzene ring substituents is 1. The highest BCUT2D eigenvalue weighted by molar-refractivity contribution is 7.92. The average molecular weight is 728 g/mol. The molecule has 2 amide bonds. The van der Waals surface area contributed by atoms with Gasteiger partial charge in [0.2, 0.25) is 11.8 Å². The molecule has 0 heterocycles. The Bertz CT molecular complexity index is 1890. The summed E-state index contributed by atoms with van der Waals surface area (Å²) in [6.07, 6.45) is 0.740. The second-order valence-electron chi connectivity index (χ2n) is 11.1. The summed E-state index contributed by atoms with van der Waals surface area (Å²) in [5.74, 6) is -0.760. The summed E-state index contributed by atoms with van der Waals surface area (Å²) in [5, 5.41) is 15.1. The molecule has 11 nitrogen and oxygen atoms in total. The number of ether oxygens (including phenoxy) is 1. The summed E-state index contributed by atoms with van der Waals surface area (Å²) in [4.78, 5) is 40.4. The van der Waals surface area contributed by atoms with Crippen molar-refractivity contribution in [3.05, 3.63) is 128 Å². The third-order valence-corrected chi connectivity index (χ3v) is 10.3. The number of hydrogen-bond acceptors (Lipinski definition) is 7. The van der Waals surface area contributed by atoms with Crippen molar-refractivity contribution in [2.75, 3.05) is 24.5 Å². The molecule has 0 aromatic heterocycles. The average Bonchev–Trinajstić information content (AvgIpc) is 3.09. The van der Waals surface area contributed by atoms with Gasteiger partial charge in [0.15, 0.2) is 0 Å². The van der Waals surface area contributed by atoms with Crippen LogP contribution >= 0.6 is 23.2 Å². The fourth-order valence-electron chi connectivity index (χ4n) is 5.12. The maximum absolute atomic E-state index is 14.6. The number of hydrogen-bond donors (Lipinski definition) is 1. The molecule has 14 heteroatoms. The quantitative estimate of drug-likeness (QED) is 0.108. The lowest BCUT2D eigenvalue weighted by molar-refractivity contribution is -0.385. The van der Waals surface area contributed by atoms with E-state index in [4.69, 9.17) is 27.9 Å². The number of halogens is 2. The van der Waals surface area contributed by atoms with Crippen molar-refractivity contribution < 1.29 is 27.7 Å². The number of rotatable bonds is 15. The molecule has 0 spiro atoms. The van der Waals surface area contributed by atoms with Gasteiger partial charge in [-0.2, -0.15) is 0 Å². The standard InChI is InChI=1S/C35H36Cl2N4O7S/c1-4-19-38-35(43)33(20-25-9-6-5-7-10-25)39(22-29-30(36)11-8-12-31(29)37)34(42)23-40(26-14-16-27(48-3)17-15-26)49(46,47)28-18-13-24(2)32(21-28)41(44)45/h5-18,21,33H,4,19-20,22-23H2,1-3H3,(H,38,43). The van der Waals surface area contributed by atoms with E-state index in [2.05, 4.69) is 5.32 Å². The van der Waals surface area contributed by atoms with Crippen molar-refractivity contribution in [1.29, 1.82) is 0 Å². The van der Waals surface area contributed by atoms with E-state index in [1.165, 1.54) is 55.3 Å². The van der Waals surface area contributed by atoms with Gasteiger partial charge in [-0.3, -0.25) is 24.0 Å². The fourth-order valence-corrected chi connectivity index (χ4v) is 7.08. The predicted molar refractivity (Wildman–Crippen MR) is 190 cm³/mol. The Hall–Kier alpha value is -4.65. The highest BCUT2D eigenvalue weighted by Gasteiger charge is 2.35. The molecule has 0 saturated heterocycles. The SMILES string of the molecule is CCCNC(=O)C(Cc1ccccc1)N(Cc1c(Cl)cccc1Cl)C(=O)CN(c1ccc(OC)cc1)S(=O)(=O)c1ccc(C)c([N+](=O)[O-])c1. The van der Waals surface area contributed by atoms with Crippen LogP contribution < -0.4 is 14.4 Å². The van der Waals surface area contributed by atoms with Gasteiger partial charge in [-0.15, -0.1) is 0 Å². The van der Waals surface area contributed by atoms with Crippen LogP contribution in [0.5, 0.6) is 5.75 Å². The van der Waals surface area contributed by atoms with Crippen LogP contribution in [0.2, 0.25) is 10.0 Å². The van der Waals surface area contributed by atoms with Crippen molar-refractivity contribution in [1.82, 2.24) is 10.2 Å². The van der Waals surface area contributed by atoms with E-state index < -0.39 is 49.9 Å². The predicted octanol–water partition coefficient (Wildman–Crippen LogP) is 6.58. The number of aryl methyl sites for hydroxylation is 1. The first-order valence-electron chi connectivity index (χ1n) is 15.3. The zero-order valence-corrected chi connectivity index (χ0v) is 29.5. The number of methoxy groups -OCH3 is 1. The van der Waals surface area contributed by atoms with Gasteiger partial charge in [-0.05, 0) is 61.4 Å². The molecular formula is C35H36Cl2N4O7S. The smallest absolute Gasteiger partial charge is 0.273 e. The summed E-state index contributed by atoms with van der Waals surface area (Å²) in [6.45, 7) is 2.74. The molecule has 0 fully saturated rings. The molecule has 0 radical (unpaired) electrons. The van der Waals surface area contributed by atoms with Crippen LogP contribution in [0, 0.1) is 17.0 Å². The van der Waals surface area contributed by atoms with Crippen LogP contribution in [0.25, 0.3) is 0 Å². The molecule has 1 N–H and O–H groups in total. The monoisotopic (exact) mass is 726 g/mol. The van der Waals surface area contributed by atoms with E-state index in [1.54, 1.807) is 18.2 Å². The number of amides is 2. The first-order chi connectivity index (χ1) is 23.4. The zero-order valence-electron chi connectivity index (χ0n) is 27.1. The Morgan fingerprint density at radius 3 is 2.20 bits per heavy atom. The van der Waals surface area contributed by atoms with Crippen LogP contribution in [-0.2, 0) is 32.6 Å². The molecule has 0 saturated carbocycles. The Kier molecular flexibility index (Phi) is 12.6. The van der Waals surface area contributed by atoms with Crippen LogP contribution in [0.15, 0.2) is 95.9 Å². The molecule has 4 rings (SSSR count). The van der Waals surface area contributed by atoms with Gasteiger partial charge in [0.05, 0.1) is 22.6 Å². The fraction of sp³-hybridized carbons (Fsp3) is 0.257. The molecular weight excluding hydrogens is 691 g/mol. The van der Waals surface area contributed by atoms with Gasteiger partial charge in [0.1, 0.15) is 18.3 Å². The van der Waals surface area contributed by atoms with E-state index in [-0.39, 0.29) is 34.3 Å². The lowest BCUT2D eigenvalue weighted by Crippen LogP contribution is -2.53. The largest absolute Gasteiger partial charge is 0.497 e. The maximum atomic E-state index is 14.6. The van der Waals surface area contributed by atoms with Gasteiger partial charge in [0, 0.05) is 46.7 Å². The van der Waals surface area contributed by atoms with E-state index in [9.17, 15) is 28.1 Å². The third kappa shape index (κ3) is 9.08. The van der Waals surface area contributed by atoms with E-state index in [0.29, 0.717) is 24.3 Å². The number of carbonyl (C=O) groups excluding carboxylic acids is 2. The Balaban J connectivity index is 1.87. The second kappa shape index (κ2) is 16.6. The molecule has 49 heavy (non-hydrogen) atoms. The van der Waals surface area contributed by atoms with Crippen LogP contribution in [0.3, 0.4) is 0 Å². The number of nitrogens with zero attached hydrogens (tertiary/aromatic N) is 3. The molecule has 4 aromatic carbocycles. The molecule has 4 aromatic rings. The second-order valence-corrected chi connectivity index (χ2v) is 13.8. The highest BCUT2D eigenvalue weighted by Crippen LogP contribution is 2.31. The minimum absolute atomic E-state index is 0.0862. The van der Waals surface area contributed by atoms with Crippen molar-refractivity contribution in [3.8, 4) is 5.75 Å². The van der Waals surface area contributed by atoms with Crippen molar-refractivity contribution in [2.45, 2.75) is 44.2 Å². The first kappa shape index (κ1) is 37.2. The number of nitrogens with one attached hydrogen (secondary N) is 1. The van der Waals surface area contributed by atoms with Crippen molar-refractivity contribution in [3.63, 3.8) is 0 Å². The maximum Gasteiger partial charge on any atom is 0.273 e. The summed E-state index contributed by atoms with van der Waals surface area (Å²) >= 11 is 13.1. The molecule has 0 aliphatic rings.